The van der Waals surface area contributed by atoms with E-state index in [0.717, 1.165) is 0 Å². The Morgan fingerprint density at radius 3 is 2.41 bits per heavy atom. The van der Waals surface area contributed by atoms with Gasteiger partial charge in [-0.3, -0.25) is 5.32 Å². The van der Waals surface area contributed by atoms with Crippen molar-refractivity contribution >= 4 is 17.7 Å². The standard InChI is InChI=1S/C16H23NO5/c1-10(2)9-21-13-8-11(14(18)19)6-7-12(13)17-15(20)22-16(3,4)5/h6-8,10H,9H2,1-5H3,(H,17,20)(H,18,19). The van der Waals surface area contributed by atoms with Crippen molar-refractivity contribution in [1.82, 2.24) is 0 Å². The van der Waals surface area contributed by atoms with Gasteiger partial charge in [0.25, 0.3) is 0 Å². The molecule has 122 valence electrons. The van der Waals surface area contributed by atoms with Gasteiger partial charge in [0.05, 0.1) is 17.9 Å². The molecule has 0 fully saturated rings. The maximum atomic E-state index is 11.8. The maximum Gasteiger partial charge on any atom is 0.412 e. The second-order valence-corrected chi connectivity index (χ2v) is 6.35. The van der Waals surface area contributed by atoms with Gasteiger partial charge in [0.2, 0.25) is 0 Å². The van der Waals surface area contributed by atoms with Crippen LogP contribution in [-0.4, -0.2) is 29.4 Å². The summed E-state index contributed by atoms with van der Waals surface area (Å²) in [5, 5.41) is 11.6. The van der Waals surface area contributed by atoms with Crippen LogP contribution in [0.2, 0.25) is 0 Å². The van der Waals surface area contributed by atoms with E-state index in [0.29, 0.717) is 18.0 Å². The Morgan fingerprint density at radius 2 is 1.91 bits per heavy atom. The van der Waals surface area contributed by atoms with E-state index < -0.39 is 17.7 Å². The smallest absolute Gasteiger partial charge is 0.412 e. The Labute approximate surface area is 130 Å². The van der Waals surface area contributed by atoms with Gasteiger partial charge in [-0.2, -0.15) is 0 Å². The zero-order valence-corrected chi connectivity index (χ0v) is 13.6. The van der Waals surface area contributed by atoms with E-state index in [9.17, 15) is 9.59 Å². The highest BCUT2D eigenvalue weighted by atomic mass is 16.6. The quantitative estimate of drug-likeness (QED) is 0.865. The second kappa shape index (κ2) is 7.15. The number of nitrogens with one attached hydrogen (secondary N) is 1. The summed E-state index contributed by atoms with van der Waals surface area (Å²) in [4.78, 5) is 22.9. The van der Waals surface area contributed by atoms with E-state index in [1.54, 1.807) is 20.8 Å². The number of carbonyl (C=O) groups is 2. The molecule has 0 spiro atoms. The molecule has 0 atom stereocenters. The molecule has 0 aliphatic heterocycles. The van der Waals surface area contributed by atoms with Gasteiger partial charge in [-0.25, -0.2) is 9.59 Å². The van der Waals surface area contributed by atoms with Crippen LogP contribution in [0.3, 0.4) is 0 Å². The SMILES string of the molecule is CC(C)COc1cc(C(=O)O)ccc1NC(=O)OC(C)(C)C. The van der Waals surface area contributed by atoms with Gasteiger partial charge >= 0.3 is 12.1 Å². The third kappa shape index (κ3) is 6.03. The van der Waals surface area contributed by atoms with Gasteiger partial charge in [-0.15, -0.1) is 0 Å². The summed E-state index contributed by atoms with van der Waals surface area (Å²) in [7, 11) is 0. The summed E-state index contributed by atoms with van der Waals surface area (Å²) >= 11 is 0. The first kappa shape index (κ1) is 17.8. The Kier molecular flexibility index (Phi) is 5.79. The maximum absolute atomic E-state index is 11.8. The summed E-state index contributed by atoms with van der Waals surface area (Å²) < 4.78 is 10.8. The fourth-order valence-corrected chi connectivity index (χ4v) is 1.55. The highest BCUT2D eigenvalue weighted by Gasteiger charge is 2.18. The lowest BCUT2D eigenvalue weighted by Crippen LogP contribution is -2.27. The van der Waals surface area contributed by atoms with Crippen molar-refractivity contribution in [3.05, 3.63) is 23.8 Å². The van der Waals surface area contributed by atoms with Crippen molar-refractivity contribution in [2.45, 2.75) is 40.2 Å². The zero-order valence-electron chi connectivity index (χ0n) is 13.6. The van der Waals surface area contributed by atoms with Crippen molar-refractivity contribution in [1.29, 1.82) is 0 Å². The molecule has 0 aromatic heterocycles. The summed E-state index contributed by atoms with van der Waals surface area (Å²) in [6.07, 6.45) is -0.620. The molecule has 0 radical (unpaired) electrons. The molecular weight excluding hydrogens is 286 g/mol. The first-order valence-electron chi connectivity index (χ1n) is 7.08. The van der Waals surface area contributed by atoms with Gasteiger partial charge in [-0.05, 0) is 44.9 Å². The van der Waals surface area contributed by atoms with Crippen molar-refractivity contribution in [2.24, 2.45) is 5.92 Å². The molecule has 1 aromatic rings. The van der Waals surface area contributed by atoms with Crippen LogP contribution in [0, 0.1) is 5.92 Å². The Hall–Kier alpha value is -2.24. The lowest BCUT2D eigenvalue weighted by atomic mass is 10.2. The number of anilines is 1. The Balaban J connectivity index is 2.96. The van der Waals surface area contributed by atoms with Crippen LogP contribution in [0.25, 0.3) is 0 Å². The number of rotatable bonds is 5. The summed E-state index contributed by atoms with van der Waals surface area (Å²) in [5.41, 5.74) is -0.155. The molecule has 0 aliphatic carbocycles. The van der Waals surface area contributed by atoms with Crippen LogP contribution in [0.4, 0.5) is 10.5 Å². The minimum Gasteiger partial charge on any atom is -0.491 e. The summed E-state index contributed by atoms with van der Waals surface area (Å²) in [6.45, 7) is 9.64. The van der Waals surface area contributed by atoms with E-state index in [-0.39, 0.29) is 11.5 Å². The lowest BCUT2D eigenvalue weighted by Gasteiger charge is -2.20. The molecule has 1 rings (SSSR count). The highest BCUT2D eigenvalue weighted by Crippen LogP contribution is 2.27. The number of hydrogen-bond acceptors (Lipinski definition) is 4. The molecule has 6 nitrogen and oxygen atoms in total. The number of hydrogen-bond donors (Lipinski definition) is 2. The molecule has 0 saturated heterocycles. The largest absolute Gasteiger partial charge is 0.491 e. The number of benzene rings is 1. The molecule has 0 heterocycles. The monoisotopic (exact) mass is 309 g/mol. The van der Waals surface area contributed by atoms with E-state index in [2.05, 4.69) is 5.32 Å². The molecule has 0 aliphatic rings. The number of amides is 1. The second-order valence-electron chi connectivity index (χ2n) is 6.35. The summed E-state index contributed by atoms with van der Waals surface area (Å²) in [6, 6.07) is 4.28. The Bertz CT molecular complexity index is 546. The molecule has 1 aromatic carbocycles. The van der Waals surface area contributed by atoms with E-state index in [1.165, 1.54) is 18.2 Å². The third-order valence-electron chi connectivity index (χ3n) is 2.44. The van der Waals surface area contributed by atoms with E-state index in [1.807, 2.05) is 13.8 Å². The first-order valence-corrected chi connectivity index (χ1v) is 7.08. The molecule has 2 N–H and O–H groups in total. The van der Waals surface area contributed by atoms with Crippen molar-refractivity contribution < 1.29 is 24.2 Å². The number of aromatic carboxylic acids is 1. The molecule has 0 unspecified atom stereocenters. The molecular formula is C16H23NO5. The fraction of sp³-hybridized carbons (Fsp3) is 0.500. The highest BCUT2D eigenvalue weighted by molar-refractivity contribution is 5.92. The topological polar surface area (TPSA) is 84.9 Å². The van der Waals surface area contributed by atoms with Crippen LogP contribution < -0.4 is 10.1 Å². The van der Waals surface area contributed by atoms with Gasteiger partial charge in [-0.1, -0.05) is 13.8 Å². The number of carbonyl (C=O) groups excluding carboxylic acids is 1. The molecule has 0 saturated carbocycles. The van der Waals surface area contributed by atoms with Crippen LogP contribution in [-0.2, 0) is 4.74 Å². The van der Waals surface area contributed by atoms with Gasteiger partial charge in [0, 0.05) is 0 Å². The summed E-state index contributed by atoms with van der Waals surface area (Å²) in [5.74, 6) is -0.486. The van der Waals surface area contributed by atoms with Crippen molar-refractivity contribution in [3.8, 4) is 5.75 Å². The predicted octanol–water partition coefficient (Wildman–Crippen LogP) is 3.77. The third-order valence-corrected chi connectivity index (χ3v) is 2.44. The molecule has 22 heavy (non-hydrogen) atoms. The molecule has 1 amide bonds. The number of carboxylic acids is 1. The number of ether oxygens (including phenoxy) is 2. The van der Waals surface area contributed by atoms with E-state index in [4.69, 9.17) is 14.6 Å². The van der Waals surface area contributed by atoms with Crippen LogP contribution in [0.5, 0.6) is 5.75 Å². The van der Waals surface area contributed by atoms with Crippen molar-refractivity contribution in [3.63, 3.8) is 0 Å². The molecule has 6 heteroatoms. The van der Waals surface area contributed by atoms with Crippen molar-refractivity contribution in [2.75, 3.05) is 11.9 Å². The van der Waals surface area contributed by atoms with Gasteiger partial charge < -0.3 is 14.6 Å². The minimum absolute atomic E-state index is 0.0912. The predicted molar refractivity (Wildman–Crippen MR) is 83.6 cm³/mol. The molecule has 0 bridgehead atoms. The first-order chi connectivity index (χ1) is 10.1. The average Bonchev–Trinajstić information content (AvgIpc) is 2.34. The van der Waals surface area contributed by atoms with Gasteiger partial charge in [0.15, 0.2) is 0 Å². The number of carboxylic acid groups (broad SMARTS) is 1. The normalized spacial score (nSPS) is 11.2. The average molecular weight is 309 g/mol. The fourth-order valence-electron chi connectivity index (χ4n) is 1.55. The lowest BCUT2D eigenvalue weighted by molar-refractivity contribution is 0.0634. The van der Waals surface area contributed by atoms with Crippen LogP contribution in [0.15, 0.2) is 18.2 Å². The van der Waals surface area contributed by atoms with Crippen LogP contribution in [0.1, 0.15) is 45.0 Å². The minimum atomic E-state index is -1.06. The zero-order chi connectivity index (χ0) is 16.9. The van der Waals surface area contributed by atoms with Crippen LogP contribution >= 0.6 is 0 Å². The van der Waals surface area contributed by atoms with Gasteiger partial charge in [0.1, 0.15) is 11.4 Å². The Morgan fingerprint density at radius 1 is 1.27 bits per heavy atom. The van der Waals surface area contributed by atoms with E-state index >= 15 is 0 Å².